The van der Waals surface area contributed by atoms with E-state index in [0.29, 0.717) is 0 Å². The Morgan fingerprint density at radius 3 is 1.70 bits per heavy atom. The van der Waals surface area contributed by atoms with E-state index in [1.165, 1.54) is 0 Å². The van der Waals surface area contributed by atoms with Crippen molar-refractivity contribution in [2.24, 2.45) is 0 Å². The van der Waals surface area contributed by atoms with Crippen molar-refractivity contribution < 1.29 is 10.2 Å². The first-order chi connectivity index (χ1) is 4.37. The van der Waals surface area contributed by atoms with Gasteiger partial charge in [-0.3, -0.25) is 0 Å². The molecule has 0 spiro atoms. The average molecular weight is 162 g/mol. The highest BCUT2D eigenvalue weighted by Crippen LogP contribution is 2.35. The van der Waals surface area contributed by atoms with Crippen LogP contribution in [0.5, 0.6) is 0 Å². The van der Waals surface area contributed by atoms with Crippen LogP contribution in [-0.4, -0.2) is 31.1 Å². The topological polar surface area (TPSA) is 40.5 Å². The molecule has 0 rings (SSSR count). The first kappa shape index (κ1) is 10.1. The third kappa shape index (κ3) is 1.81. The van der Waals surface area contributed by atoms with Gasteiger partial charge in [0.25, 0.3) is 0 Å². The molecule has 0 unspecified atom stereocenters. The maximum atomic E-state index is 9.01. The second-order valence-electron chi connectivity index (χ2n) is 4.08. The summed E-state index contributed by atoms with van der Waals surface area (Å²) in [5.41, 5.74) is 0. The molecule has 0 aromatic rings. The van der Waals surface area contributed by atoms with Crippen molar-refractivity contribution in [1.29, 1.82) is 0 Å². The largest absolute Gasteiger partial charge is 0.400 e. The fourth-order valence-electron chi connectivity index (χ4n) is 0.428. The summed E-state index contributed by atoms with van der Waals surface area (Å²) in [5, 5.41) is 17.9. The minimum atomic E-state index is -1.60. The molecule has 0 saturated heterocycles. The molecule has 0 radical (unpaired) electrons. The van der Waals surface area contributed by atoms with Crippen LogP contribution in [0, 0.1) is 0 Å². The minimum Gasteiger partial charge on any atom is -0.400 e. The lowest BCUT2D eigenvalue weighted by atomic mass is 10.2. The third-order valence-corrected chi connectivity index (χ3v) is 7.24. The maximum Gasteiger partial charge on any atom is 0.0850 e. The van der Waals surface area contributed by atoms with Gasteiger partial charge in [-0.1, -0.05) is 26.9 Å². The normalized spacial score (nSPS) is 13.8. The van der Waals surface area contributed by atoms with Crippen LogP contribution in [0.15, 0.2) is 0 Å². The van der Waals surface area contributed by atoms with Gasteiger partial charge < -0.3 is 10.2 Å². The van der Waals surface area contributed by atoms with Crippen molar-refractivity contribution in [3.05, 3.63) is 0 Å². The Labute approximate surface area is 63.9 Å². The van der Waals surface area contributed by atoms with Crippen LogP contribution in [0.2, 0.25) is 18.1 Å². The third-order valence-electron chi connectivity index (χ3n) is 2.62. The maximum absolute atomic E-state index is 9.01. The molecule has 0 heterocycles. The molecule has 0 bridgehead atoms. The molecule has 10 heavy (non-hydrogen) atoms. The summed E-state index contributed by atoms with van der Waals surface area (Å²) in [4.78, 5) is 0. The number of aliphatic hydroxyl groups is 2. The van der Waals surface area contributed by atoms with Gasteiger partial charge in [0.15, 0.2) is 0 Å². The average Bonchev–Trinajstić information content (AvgIpc) is 1.88. The lowest BCUT2D eigenvalue weighted by molar-refractivity contribution is 0.244. The van der Waals surface area contributed by atoms with Gasteiger partial charge in [0.1, 0.15) is 0 Å². The molecule has 0 aromatic carbocycles. The van der Waals surface area contributed by atoms with E-state index in [1.807, 2.05) is 13.8 Å². The van der Waals surface area contributed by atoms with Gasteiger partial charge in [-0.05, 0) is 5.04 Å². The Morgan fingerprint density at radius 1 is 1.20 bits per heavy atom. The lowest BCUT2D eigenvalue weighted by Crippen LogP contribution is -2.45. The molecular formula is C7H18O2Si. The Bertz CT molecular complexity index is 96.2. The van der Waals surface area contributed by atoms with E-state index in [0.717, 1.165) is 0 Å². The highest BCUT2D eigenvalue weighted by Gasteiger charge is 2.37. The van der Waals surface area contributed by atoms with Gasteiger partial charge in [0.05, 0.1) is 8.07 Å². The van der Waals surface area contributed by atoms with Crippen LogP contribution in [0.25, 0.3) is 0 Å². The van der Waals surface area contributed by atoms with E-state index in [1.54, 1.807) is 0 Å². The van der Waals surface area contributed by atoms with Gasteiger partial charge >= 0.3 is 0 Å². The smallest absolute Gasteiger partial charge is 0.0850 e. The molecule has 0 aliphatic rings. The summed E-state index contributed by atoms with van der Waals surface area (Å²) < 4.78 is 0. The molecule has 0 amide bonds. The second-order valence-corrected chi connectivity index (χ2v) is 9.52. The molecule has 0 aliphatic heterocycles. The van der Waals surface area contributed by atoms with E-state index in [2.05, 4.69) is 13.1 Å². The molecule has 2 nitrogen and oxygen atoms in total. The predicted octanol–water partition coefficient (Wildman–Crippen LogP) is 0.999. The molecule has 62 valence electrons. The number of aliphatic hydroxyl groups excluding tert-OH is 2. The van der Waals surface area contributed by atoms with E-state index in [-0.39, 0.29) is 17.9 Å². The van der Waals surface area contributed by atoms with Crippen LogP contribution in [0.1, 0.15) is 13.8 Å². The van der Waals surface area contributed by atoms with Gasteiger partial charge in [0, 0.05) is 12.8 Å². The van der Waals surface area contributed by atoms with E-state index in [4.69, 9.17) is 10.2 Å². The summed E-state index contributed by atoms with van der Waals surface area (Å²) in [5.74, 6) is 0. The molecule has 2 N–H and O–H groups in total. The second kappa shape index (κ2) is 3.03. The van der Waals surface area contributed by atoms with Crippen molar-refractivity contribution >= 4 is 8.07 Å². The quantitative estimate of drug-likeness (QED) is 0.608. The van der Waals surface area contributed by atoms with Crippen molar-refractivity contribution in [1.82, 2.24) is 0 Å². The molecule has 0 saturated carbocycles. The minimum absolute atomic E-state index is 0.0677. The van der Waals surface area contributed by atoms with Crippen LogP contribution >= 0.6 is 0 Å². The molecule has 0 fully saturated rings. The van der Waals surface area contributed by atoms with Gasteiger partial charge in [-0.25, -0.2) is 0 Å². The Morgan fingerprint density at radius 2 is 1.60 bits per heavy atom. The number of rotatable bonds is 3. The van der Waals surface area contributed by atoms with Crippen LogP contribution in [0.3, 0.4) is 0 Å². The van der Waals surface area contributed by atoms with Gasteiger partial charge in [-0.15, -0.1) is 0 Å². The summed E-state index contributed by atoms with van der Waals surface area (Å²) in [6.07, 6.45) is 0.251. The number of hydrogen-bond acceptors (Lipinski definition) is 2. The van der Waals surface area contributed by atoms with Crippen LogP contribution in [0.4, 0.5) is 0 Å². The SMILES string of the molecule is CC(C)(CO)[Si](C)(C)CO. The molecule has 3 heteroatoms. The fraction of sp³-hybridized carbons (Fsp3) is 1.00. The number of hydrogen-bond donors (Lipinski definition) is 2. The highest BCUT2D eigenvalue weighted by atomic mass is 28.3. The zero-order chi connectivity index (χ0) is 8.41. The van der Waals surface area contributed by atoms with Crippen molar-refractivity contribution in [2.45, 2.75) is 32.0 Å². The fourth-order valence-corrected chi connectivity index (χ4v) is 1.28. The van der Waals surface area contributed by atoms with Crippen molar-refractivity contribution in [3.63, 3.8) is 0 Å². The zero-order valence-corrected chi connectivity index (χ0v) is 8.31. The molecule has 0 aromatic heterocycles. The van der Waals surface area contributed by atoms with E-state index in [9.17, 15) is 0 Å². The first-order valence-electron chi connectivity index (χ1n) is 3.59. The van der Waals surface area contributed by atoms with E-state index >= 15 is 0 Å². The summed E-state index contributed by atoms with van der Waals surface area (Å²) >= 11 is 0. The first-order valence-corrected chi connectivity index (χ1v) is 6.80. The van der Waals surface area contributed by atoms with Crippen molar-refractivity contribution in [2.75, 3.05) is 12.8 Å². The predicted molar refractivity (Wildman–Crippen MR) is 45.7 cm³/mol. The molecule has 0 aliphatic carbocycles. The van der Waals surface area contributed by atoms with E-state index < -0.39 is 8.07 Å². The molecular weight excluding hydrogens is 144 g/mol. The standard InChI is InChI=1S/C7H18O2Si/c1-7(2,5-8)10(3,4)6-9/h8-9H,5-6H2,1-4H3. The van der Waals surface area contributed by atoms with Gasteiger partial charge in [0.2, 0.25) is 0 Å². The molecule has 0 atom stereocenters. The Balaban J connectivity index is 4.28. The highest BCUT2D eigenvalue weighted by molar-refractivity contribution is 6.80. The van der Waals surface area contributed by atoms with Crippen molar-refractivity contribution in [3.8, 4) is 0 Å². The summed E-state index contributed by atoms with van der Waals surface area (Å²) in [6.45, 7) is 8.37. The van der Waals surface area contributed by atoms with Crippen LogP contribution < -0.4 is 0 Å². The Hall–Kier alpha value is 0.137. The van der Waals surface area contributed by atoms with Crippen LogP contribution in [-0.2, 0) is 0 Å². The summed E-state index contributed by atoms with van der Waals surface area (Å²) in [6, 6.07) is 0. The Kier molecular flexibility index (Phi) is 3.07. The summed E-state index contributed by atoms with van der Waals surface area (Å²) in [7, 11) is -1.60. The monoisotopic (exact) mass is 162 g/mol. The zero-order valence-electron chi connectivity index (χ0n) is 7.31. The van der Waals surface area contributed by atoms with Gasteiger partial charge in [-0.2, -0.15) is 0 Å². The lowest BCUT2D eigenvalue weighted by Gasteiger charge is -2.36.